The number of fused-ring (bicyclic) bond motifs is 10. The highest BCUT2D eigenvalue weighted by Gasteiger charge is 2.50. The molecule has 0 saturated carbocycles. The molecular formula is C76H82BN3O. The van der Waals surface area contributed by atoms with Crippen LogP contribution >= 0.6 is 0 Å². The van der Waals surface area contributed by atoms with E-state index in [-0.39, 0.29) is 44.6 Å². The van der Waals surface area contributed by atoms with Gasteiger partial charge < -0.3 is 19.1 Å². The largest absolute Gasteiger partial charge is 0.454 e. The minimum Gasteiger partial charge on any atom is -0.454 e. The summed E-state index contributed by atoms with van der Waals surface area (Å²) >= 11 is 0. The van der Waals surface area contributed by atoms with Crippen molar-refractivity contribution in [2.75, 3.05) is 14.7 Å². The molecule has 0 amide bonds. The summed E-state index contributed by atoms with van der Waals surface area (Å²) in [7, 11) is 0. The van der Waals surface area contributed by atoms with Crippen molar-refractivity contribution in [1.29, 1.82) is 0 Å². The Hall–Kier alpha value is -6.98. The second-order valence-corrected chi connectivity index (χ2v) is 30.2. The SMILES string of the molecule is CC(C)(C)c1ccc2c(c1)oc1c(N3c4cc5c(cc4B4c6cc7c(cc6N(c6ccc8c(c6)C(C)(C)CCC8(C)C)c6cc(N(c8ccccc8)c8ccccc8)cc3c64)C(C)(C)CCC7(C)C)C(C)(C)CCC5(C)C)cccc12. The molecule has 3 aliphatic carbocycles. The summed E-state index contributed by atoms with van der Waals surface area (Å²) in [6.07, 6.45) is 6.88. The van der Waals surface area contributed by atoms with Gasteiger partial charge in [-0.15, -0.1) is 0 Å². The molecule has 5 heteroatoms. The second kappa shape index (κ2) is 17.3. The smallest absolute Gasteiger partial charge is 0.252 e. The lowest BCUT2D eigenvalue weighted by atomic mass is 9.32. The first kappa shape index (κ1) is 52.1. The molecule has 3 heterocycles. The number of hydrogen-bond acceptors (Lipinski definition) is 4. The summed E-state index contributed by atoms with van der Waals surface area (Å²) in [5, 5.41) is 2.28. The average molecular weight is 1060 g/mol. The number of nitrogens with zero attached hydrogens (tertiary/aromatic N) is 3. The maximum absolute atomic E-state index is 7.38. The Balaban J connectivity index is 1.17. The molecule has 5 aliphatic rings. The van der Waals surface area contributed by atoms with Gasteiger partial charge in [0.15, 0.2) is 5.58 Å². The summed E-state index contributed by atoms with van der Waals surface area (Å²) in [5.41, 5.74) is 26.6. The monoisotopic (exact) mass is 1060 g/mol. The van der Waals surface area contributed by atoms with E-state index in [9.17, 15) is 0 Å². The number of anilines is 9. The molecule has 410 valence electrons. The third-order valence-corrected chi connectivity index (χ3v) is 21.0. The van der Waals surface area contributed by atoms with Crippen molar-refractivity contribution < 1.29 is 4.42 Å². The van der Waals surface area contributed by atoms with E-state index in [1.807, 2.05) is 0 Å². The molecule has 8 aromatic carbocycles. The van der Waals surface area contributed by atoms with Gasteiger partial charge >= 0.3 is 0 Å². The van der Waals surface area contributed by atoms with Gasteiger partial charge in [-0.1, -0.05) is 183 Å². The van der Waals surface area contributed by atoms with Crippen LogP contribution in [0.5, 0.6) is 0 Å². The summed E-state index contributed by atoms with van der Waals surface area (Å²) in [4.78, 5) is 7.87. The summed E-state index contributed by atoms with van der Waals surface area (Å²) in [5.74, 6) is 0. The highest BCUT2D eigenvalue weighted by Crippen LogP contribution is 2.56. The fourth-order valence-corrected chi connectivity index (χ4v) is 15.5. The molecule has 0 N–H and O–H groups in total. The molecule has 14 rings (SSSR count). The van der Waals surface area contributed by atoms with Crippen LogP contribution in [0, 0.1) is 0 Å². The standard InChI is InChI=1S/C76H82BN3O/c1-70(2,3)47-29-31-52-53-27-22-28-62(69(53)81-67(52)39-47)80-64-46-59-57(74(10,11)36-38-76(59,14)15)44-61(64)77-60-43-56-58(75(12,13)37-35-73(56,8)9)45-63(60)79(50-30-32-54-55(40-50)72(6,7)34-33-71(54,4)5)65-41-51(42-66(80)68(65)77)78(48-23-18-16-19-24-48)49-25-20-17-21-26-49/h16-32,39-46H,33-38H2,1-15H3. The lowest BCUT2D eigenvalue weighted by Crippen LogP contribution is -2.62. The summed E-state index contributed by atoms with van der Waals surface area (Å²) in [6, 6.07) is 59.2. The molecule has 0 spiro atoms. The Morgan fingerprint density at radius 1 is 0.395 bits per heavy atom. The Labute approximate surface area is 483 Å². The highest BCUT2D eigenvalue weighted by atomic mass is 16.3. The molecule has 0 saturated heterocycles. The topological polar surface area (TPSA) is 22.9 Å². The number of para-hydroxylation sites is 3. The van der Waals surface area contributed by atoms with Crippen molar-refractivity contribution in [1.82, 2.24) is 0 Å². The van der Waals surface area contributed by atoms with Crippen LogP contribution in [-0.4, -0.2) is 6.71 Å². The lowest BCUT2D eigenvalue weighted by Gasteiger charge is -2.49. The number of hydrogen-bond donors (Lipinski definition) is 0. The fraction of sp³-hybridized carbons (Fsp3) is 0.368. The van der Waals surface area contributed by atoms with E-state index >= 15 is 0 Å². The zero-order valence-corrected chi connectivity index (χ0v) is 51.0. The van der Waals surface area contributed by atoms with Crippen molar-refractivity contribution in [3.05, 3.63) is 191 Å². The Bertz CT molecular complexity index is 4030. The third kappa shape index (κ3) is 7.89. The molecule has 81 heavy (non-hydrogen) atoms. The van der Waals surface area contributed by atoms with Gasteiger partial charge in [0, 0.05) is 50.6 Å². The lowest BCUT2D eigenvalue weighted by molar-refractivity contribution is 0.332. The first-order valence-electron chi connectivity index (χ1n) is 30.4. The molecule has 2 aliphatic heterocycles. The Morgan fingerprint density at radius 2 is 0.864 bits per heavy atom. The van der Waals surface area contributed by atoms with E-state index in [2.05, 4.69) is 270 Å². The summed E-state index contributed by atoms with van der Waals surface area (Å²) in [6.45, 7) is 36.7. The van der Waals surface area contributed by atoms with E-state index in [1.54, 1.807) is 0 Å². The van der Waals surface area contributed by atoms with Crippen molar-refractivity contribution in [2.24, 2.45) is 0 Å². The molecule has 0 bridgehead atoms. The fourth-order valence-electron chi connectivity index (χ4n) is 15.5. The van der Waals surface area contributed by atoms with Crippen LogP contribution in [0.4, 0.5) is 51.2 Å². The molecule has 0 unspecified atom stereocenters. The van der Waals surface area contributed by atoms with Gasteiger partial charge in [-0.25, -0.2) is 0 Å². The van der Waals surface area contributed by atoms with Crippen LogP contribution in [0.1, 0.15) is 181 Å². The Kier molecular flexibility index (Phi) is 11.1. The van der Waals surface area contributed by atoms with Crippen LogP contribution in [0.15, 0.2) is 156 Å². The molecule has 0 radical (unpaired) electrons. The van der Waals surface area contributed by atoms with E-state index in [0.29, 0.717) is 0 Å². The third-order valence-electron chi connectivity index (χ3n) is 21.0. The molecule has 0 atom stereocenters. The zero-order chi connectivity index (χ0) is 56.7. The van der Waals surface area contributed by atoms with Gasteiger partial charge in [0.1, 0.15) is 5.58 Å². The Morgan fingerprint density at radius 3 is 1.38 bits per heavy atom. The van der Waals surface area contributed by atoms with Crippen molar-refractivity contribution in [3.63, 3.8) is 0 Å². The second-order valence-electron chi connectivity index (χ2n) is 30.2. The van der Waals surface area contributed by atoms with Gasteiger partial charge in [0.2, 0.25) is 0 Å². The van der Waals surface area contributed by atoms with Crippen LogP contribution in [0.3, 0.4) is 0 Å². The minimum atomic E-state index is -0.0713. The van der Waals surface area contributed by atoms with Crippen LogP contribution < -0.4 is 31.1 Å². The van der Waals surface area contributed by atoms with Crippen molar-refractivity contribution in [3.8, 4) is 0 Å². The van der Waals surface area contributed by atoms with Crippen molar-refractivity contribution in [2.45, 2.75) is 180 Å². The van der Waals surface area contributed by atoms with Gasteiger partial charge in [-0.05, 0) is 205 Å². The van der Waals surface area contributed by atoms with E-state index < -0.39 is 0 Å². The molecule has 0 fully saturated rings. The molecular weight excluding hydrogens is 982 g/mol. The van der Waals surface area contributed by atoms with Crippen LogP contribution in [0.25, 0.3) is 21.9 Å². The number of furan rings is 1. The first-order valence-corrected chi connectivity index (χ1v) is 30.4. The average Bonchev–Trinajstić information content (AvgIpc) is 3.86. The molecule has 1 aromatic heterocycles. The van der Waals surface area contributed by atoms with E-state index in [0.717, 1.165) is 76.8 Å². The maximum atomic E-state index is 7.38. The quantitative estimate of drug-likeness (QED) is 0.160. The maximum Gasteiger partial charge on any atom is 0.252 e. The van der Waals surface area contributed by atoms with Crippen molar-refractivity contribution >= 4 is 96.2 Å². The van der Waals surface area contributed by atoms with E-state index in [1.165, 1.54) is 90.2 Å². The predicted molar refractivity (Wildman–Crippen MR) is 347 cm³/mol. The minimum absolute atomic E-state index is 0.000164. The number of benzene rings is 8. The van der Waals surface area contributed by atoms with Gasteiger partial charge in [0.05, 0.1) is 11.4 Å². The van der Waals surface area contributed by atoms with Gasteiger partial charge in [0.25, 0.3) is 6.71 Å². The molecule has 4 nitrogen and oxygen atoms in total. The highest BCUT2D eigenvalue weighted by molar-refractivity contribution is 7.00. The normalized spacial score (nSPS) is 19.3. The van der Waals surface area contributed by atoms with Crippen LogP contribution in [0.2, 0.25) is 0 Å². The first-order chi connectivity index (χ1) is 38.2. The molecule has 9 aromatic rings. The predicted octanol–water partition coefficient (Wildman–Crippen LogP) is 19.5. The summed E-state index contributed by atoms with van der Waals surface area (Å²) < 4.78 is 7.38. The van der Waals surface area contributed by atoms with E-state index in [4.69, 9.17) is 4.42 Å². The van der Waals surface area contributed by atoms with Gasteiger partial charge in [-0.2, -0.15) is 0 Å². The zero-order valence-electron chi connectivity index (χ0n) is 51.0. The van der Waals surface area contributed by atoms with Crippen LogP contribution in [-0.2, 0) is 37.9 Å². The number of rotatable bonds is 5. The van der Waals surface area contributed by atoms with Gasteiger partial charge in [-0.3, -0.25) is 0 Å².